The number of para-hydroxylation sites is 1. The molecule has 1 aliphatic rings. The van der Waals surface area contributed by atoms with E-state index in [-0.39, 0.29) is 11.9 Å². The van der Waals surface area contributed by atoms with Crippen LogP contribution in [0.15, 0.2) is 53.9 Å². The molecule has 4 rings (SSSR count). The molecule has 1 amide bonds. The van der Waals surface area contributed by atoms with E-state index in [1.807, 2.05) is 65.7 Å². The Labute approximate surface area is 198 Å². The van der Waals surface area contributed by atoms with Crippen molar-refractivity contribution in [3.05, 3.63) is 75.7 Å². The van der Waals surface area contributed by atoms with Gasteiger partial charge in [0.2, 0.25) is 5.91 Å². The van der Waals surface area contributed by atoms with E-state index in [9.17, 15) is 4.79 Å². The number of aromatic nitrogens is 1. The quantitative estimate of drug-likeness (QED) is 0.416. The molecule has 2 heterocycles. The van der Waals surface area contributed by atoms with Gasteiger partial charge in [0.05, 0.1) is 31.0 Å². The number of methoxy groups -OCH3 is 2. The van der Waals surface area contributed by atoms with Gasteiger partial charge in [0.1, 0.15) is 12.4 Å². The van der Waals surface area contributed by atoms with E-state index in [2.05, 4.69) is 4.98 Å². The molecule has 1 unspecified atom stereocenters. The Kier molecular flexibility index (Phi) is 7.29. The van der Waals surface area contributed by atoms with Gasteiger partial charge in [-0.15, -0.1) is 11.3 Å². The Balaban J connectivity index is 1.47. The topological polar surface area (TPSA) is 60.9 Å². The first-order valence-electron chi connectivity index (χ1n) is 10.9. The first-order valence-corrected chi connectivity index (χ1v) is 11.8. The van der Waals surface area contributed by atoms with Crippen molar-refractivity contribution in [2.24, 2.45) is 0 Å². The molecule has 2 aromatic carbocycles. The predicted octanol–water partition coefficient (Wildman–Crippen LogP) is 5.42. The van der Waals surface area contributed by atoms with Gasteiger partial charge in [0.15, 0.2) is 11.5 Å². The van der Waals surface area contributed by atoms with E-state index in [1.54, 1.807) is 31.6 Å². The standard InChI is InChI=1S/C26H28N2O4S/c1-18-27-21(17-33-18)16-32-23-9-5-4-7-19(23)11-13-26(29)28-14-6-8-22(28)20-10-12-24(30-2)25(15-20)31-3/h4-5,7,9-13,15,17,22H,6,8,14,16H2,1-3H3/b13-11+. The molecule has 0 radical (unpaired) electrons. The first kappa shape index (κ1) is 22.9. The van der Waals surface area contributed by atoms with Crippen molar-refractivity contribution < 1.29 is 19.0 Å². The van der Waals surface area contributed by atoms with E-state index in [0.717, 1.165) is 47.0 Å². The highest BCUT2D eigenvalue weighted by molar-refractivity contribution is 7.09. The Bertz CT molecular complexity index is 1140. The number of benzene rings is 2. The summed E-state index contributed by atoms with van der Waals surface area (Å²) in [6, 6.07) is 13.6. The summed E-state index contributed by atoms with van der Waals surface area (Å²) in [6.07, 6.45) is 5.34. The van der Waals surface area contributed by atoms with E-state index < -0.39 is 0 Å². The van der Waals surface area contributed by atoms with Crippen molar-refractivity contribution in [3.63, 3.8) is 0 Å². The number of ether oxygens (including phenoxy) is 3. The van der Waals surface area contributed by atoms with Gasteiger partial charge in [-0.1, -0.05) is 24.3 Å². The van der Waals surface area contributed by atoms with Crippen LogP contribution in [0.4, 0.5) is 0 Å². The van der Waals surface area contributed by atoms with Gasteiger partial charge < -0.3 is 19.1 Å². The number of thiazole rings is 1. The predicted molar refractivity (Wildman–Crippen MR) is 130 cm³/mol. The van der Waals surface area contributed by atoms with E-state index in [0.29, 0.717) is 18.1 Å². The summed E-state index contributed by atoms with van der Waals surface area (Å²) in [7, 11) is 3.24. The SMILES string of the molecule is COc1ccc(C2CCCN2C(=O)/C=C/c2ccccc2OCc2csc(C)n2)cc1OC. The molecular formula is C26H28N2O4S. The highest BCUT2D eigenvalue weighted by Crippen LogP contribution is 2.37. The minimum atomic E-state index is -0.0165. The van der Waals surface area contributed by atoms with Crippen molar-refractivity contribution in [3.8, 4) is 17.2 Å². The third-order valence-electron chi connectivity index (χ3n) is 5.69. The largest absolute Gasteiger partial charge is 0.493 e. The van der Waals surface area contributed by atoms with Crippen molar-refractivity contribution in [2.45, 2.75) is 32.4 Å². The van der Waals surface area contributed by atoms with Gasteiger partial charge in [0.25, 0.3) is 0 Å². The van der Waals surface area contributed by atoms with E-state index in [4.69, 9.17) is 14.2 Å². The minimum absolute atomic E-state index is 0.0151. The fraction of sp³-hybridized carbons (Fsp3) is 0.308. The summed E-state index contributed by atoms with van der Waals surface area (Å²) in [4.78, 5) is 19.5. The lowest BCUT2D eigenvalue weighted by molar-refractivity contribution is -0.126. The zero-order valence-corrected chi connectivity index (χ0v) is 19.9. The molecule has 0 aliphatic carbocycles. The smallest absolute Gasteiger partial charge is 0.247 e. The molecule has 1 atom stereocenters. The maximum absolute atomic E-state index is 13.1. The molecule has 0 bridgehead atoms. The highest BCUT2D eigenvalue weighted by atomic mass is 32.1. The number of amides is 1. The second-order valence-corrected chi connectivity index (χ2v) is 8.88. The average Bonchev–Trinajstić information content (AvgIpc) is 3.50. The summed E-state index contributed by atoms with van der Waals surface area (Å²) < 4.78 is 16.8. The molecule has 6 nitrogen and oxygen atoms in total. The van der Waals surface area contributed by atoms with Crippen LogP contribution >= 0.6 is 11.3 Å². The van der Waals surface area contributed by atoms with Crippen LogP contribution in [-0.2, 0) is 11.4 Å². The Morgan fingerprint density at radius 2 is 1.97 bits per heavy atom. The molecule has 1 saturated heterocycles. The maximum Gasteiger partial charge on any atom is 0.247 e. The van der Waals surface area contributed by atoms with E-state index >= 15 is 0 Å². The van der Waals surface area contributed by atoms with Crippen LogP contribution in [0.3, 0.4) is 0 Å². The summed E-state index contributed by atoms with van der Waals surface area (Å²) in [5.41, 5.74) is 2.82. The van der Waals surface area contributed by atoms with Gasteiger partial charge in [-0.05, 0) is 49.6 Å². The number of rotatable bonds is 8. The molecule has 172 valence electrons. The van der Waals surface area contributed by atoms with Gasteiger partial charge >= 0.3 is 0 Å². The molecule has 7 heteroatoms. The molecule has 1 aliphatic heterocycles. The second-order valence-electron chi connectivity index (χ2n) is 7.82. The average molecular weight is 465 g/mol. The maximum atomic E-state index is 13.1. The molecule has 0 spiro atoms. The van der Waals surface area contributed by atoms with Crippen LogP contribution in [-0.4, -0.2) is 36.6 Å². The lowest BCUT2D eigenvalue weighted by Crippen LogP contribution is -2.28. The lowest BCUT2D eigenvalue weighted by atomic mass is 10.0. The normalized spacial score (nSPS) is 15.7. The third kappa shape index (κ3) is 5.37. The first-order chi connectivity index (χ1) is 16.1. The molecule has 1 fully saturated rings. The fourth-order valence-electron chi connectivity index (χ4n) is 4.07. The van der Waals surface area contributed by atoms with Gasteiger partial charge in [-0.2, -0.15) is 0 Å². The minimum Gasteiger partial charge on any atom is -0.493 e. The van der Waals surface area contributed by atoms with Gasteiger partial charge in [-0.25, -0.2) is 4.98 Å². The highest BCUT2D eigenvalue weighted by Gasteiger charge is 2.29. The van der Waals surface area contributed by atoms with Crippen LogP contribution in [0.2, 0.25) is 0 Å². The van der Waals surface area contributed by atoms with Crippen molar-refractivity contribution in [1.82, 2.24) is 9.88 Å². The number of nitrogens with zero attached hydrogens (tertiary/aromatic N) is 2. The van der Waals surface area contributed by atoms with Crippen molar-refractivity contribution >= 4 is 23.3 Å². The number of carbonyl (C=O) groups is 1. The monoisotopic (exact) mass is 464 g/mol. The number of hydrogen-bond acceptors (Lipinski definition) is 6. The number of likely N-dealkylation sites (tertiary alicyclic amines) is 1. The van der Waals surface area contributed by atoms with E-state index in [1.165, 1.54) is 0 Å². The number of aryl methyl sites for hydroxylation is 1. The second kappa shape index (κ2) is 10.5. The molecule has 0 saturated carbocycles. The lowest BCUT2D eigenvalue weighted by Gasteiger charge is -2.24. The van der Waals surface area contributed by atoms with Crippen molar-refractivity contribution in [2.75, 3.05) is 20.8 Å². The van der Waals surface area contributed by atoms with Crippen LogP contribution in [0.5, 0.6) is 17.2 Å². The number of hydrogen-bond donors (Lipinski definition) is 0. The number of carbonyl (C=O) groups excluding carboxylic acids is 1. The Morgan fingerprint density at radius 1 is 1.15 bits per heavy atom. The van der Waals surface area contributed by atoms with Gasteiger partial charge in [0, 0.05) is 23.6 Å². The fourth-order valence-corrected chi connectivity index (χ4v) is 4.67. The summed E-state index contributed by atoms with van der Waals surface area (Å²) in [6.45, 7) is 3.10. The molecular weight excluding hydrogens is 436 g/mol. The Morgan fingerprint density at radius 3 is 2.73 bits per heavy atom. The summed E-state index contributed by atoms with van der Waals surface area (Å²) in [5, 5.41) is 3.01. The van der Waals surface area contributed by atoms with Crippen molar-refractivity contribution in [1.29, 1.82) is 0 Å². The summed E-state index contributed by atoms with van der Waals surface area (Å²) >= 11 is 1.60. The molecule has 3 aromatic rings. The zero-order chi connectivity index (χ0) is 23.2. The summed E-state index contributed by atoms with van der Waals surface area (Å²) in [5.74, 6) is 2.06. The Hall–Kier alpha value is -3.32. The molecule has 0 N–H and O–H groups in total. The third-order valence-corrected chi connectivity index (χ3v) is 6.52. The van der Waals surface area contributed by atoms with Crippen LogP contribution in [0.1, 0.15) is 40.7 Å². The molecule has 33 heavy (non-hydrogen) atoms. The molecule has 1 aromatic heterocycles. The van der Waals surface area contributed by atoms with Gasteiger partial charge in [-0.3, -0.25) is 4.79 Å². The van der Waals surface area contributed by atoms with Crippen LogP contribution in [0, 0.1) is 6.92 Å². The zero-order valence-electron chi connectivity index (χ0n) is 19.1. The van der Waals surface area contributed by atoms with Crippen LogP contribution in [0.25, 0.3) is 6.08 Å². The van der Waals surface area contributed by atoms with Crippen LogP contribution < -0.4 is 14.2 Å².